The van der Waals surface area contributed by atoms with Crippen LogP contribution < -0.4 is 16.0 Å². The second kappa shape index (κ2) is 7.14. The van der Waals surface area contributed by atoms with E-state index in [1.165, 1.54) is 5.69 Å². The van der Waals surface area contributed by atoms with Gasteiger partial charge in [0.1, 0.15) is 0 Å². The molecule has 1 aromatic rings. The first kappa shape index (κ1) is 14.7. The Labute approximate surface area is 120 Å². The van der Waals surface area contributed by atoms with E-state index >= 15 is 0 Å². The molecule has 1 aliphatic heterocycles. The fourth-order valence-corrected chi connectivity index (χ4v) is 2.45. The van der Waals surface area contributed by atoms with Crippen molar-refractivity contribution >= 4 is 11.7 Å². The van der Waals surface area contributed by atoms with Crippen molar-refractivity contribution in [3.8, 4) is 0 Å². The van der Waals surface area contributed by atoms with Gasteiger partial charge in [0.15, 0.2) is 0 Å². The first-order valence-electron chi connectivity index (χ1n) is 7.31. The van der Waals surface area contributed by atoms with Crippen molar-refractivity contribution in [1.29, 1.82) is 0 Å². The predicted octanol–water partition coefficient (Wildman–Crippen LogP) is 1.39. The third-order valence-electron chi connectivity index (χ3n) is 3.62. The third kappa shape index (κ3) is 3.63. The highest BCUT2D eigenvalue weighted by molar-refractivity contribution is 5.76. The standard InChI is InChI=1S/C15H24N4O/c1-2-8-18(10-11-19-9-7-17-15(19)20)14-5-3-13(12-16)4-6-14/h3-6H,2,7-12,16H2,1H3,(H,17,20). The maximum Gasteiger partial charge on any atom is 0.317 e. The maximum absolute atomic E-state index is 11.5. The first-order chi connectivity index (χ1) is 9.74. The molecule has 0 atom stereocenters. The van der Waals surface area contributed by atoms with E-state index in [1.54, 1.807) is 0 Å². The lowest BCUT2D eigenvalue weighted by molar-refractivity contribution is 0.218. The van der Waals surface area contributed by atoms with Crippen LogP contribution >= 0.6 is 0 Å². The number of hydrogen-bond donors (Lipinski definition) is 2. The molecule has 1 saturated heterocycles. The van der Waals surface area contributed by atoms with E-state index in [0.717, 1.165) is 44.7 Å². The molecule has 3 N–H and O–H groups in total. The Bertz CT molecular complexity index is 432. The SMILES string of the molecule is CCCN(CCN1CCNC1=O)c1ccc(CN)cc1. The molecule has 1 heterocycles. The van der Waals surface area contributed by atoms with Gasteiger partial charge in [0.2, 0.25) is 0 Å². The average Bonchev–Trinajstić information content (AvgIpc) is 2.89. The summed E-state index contributed by atoms with van der Waals surface area (Å²) in [6, 6.07) is 8.42. The molecule has 110 valence electrons. The molecular formula is C15H24N4O. The van der Waals surface area contributed by atoms with E-state index in [9.17, 15) is 4.79 Å². The number of benzene rings is 1. The number of urea groups is 1. The Balaban J connectivity index is 1.96. The van der Waals surface area contributed by atoms with Crippen LogP contribution in [0, 0.1) is 0 Å². The van der Waals surface area contributed by atoms with Crippen LogP contribution in [-0.4, -0.2) is 43.7 Å². The second-order valence-electron chi connectivity index (χ2n) is 5.08. The maximum atomic E-state index is 11.5. The van der Waals surface area contributed by atoms with Gasteiger partial charge < -0.3 is 20.9 Å². The van der Waals surface area contributed by atoms with Crippen LogP contribution in [0.4, 0.5) is 10.5 Å². The molecule has 1 fully saturated rings. The number of nitrogens with zero attached hydrogens (tertiary/aromatic N) is 2. The predicted molar refractivity (Wildman–Crippen MR) is 81.8 cm³/mol. The first-order valence-corrected chi connectivity index (χ1v) is 7.31. The number of nitrogens with one attached hydrogen (secondary N) is 1. The zero-order valence-corrected chi connectivity index (χ0v) is 12.1. The van der Waals surface area contributed by atoms with Crippen molar-refractivity contribution in [2.45, 2.75) is 19.9 Å². The van der Waals surface area contributed by atoms with Crippen molar-refractivity contribution in [2.24, 2.45) is 5.73 Å². The quantitative estimate of drug-likeness (QED) is 0.791. The smallest absolute Gasteiger partial charge is 0.317 e. The molecular weight excluding hydrogens is 252 g/mol. The van der Waals surface area contributed by atoms with Crippen molar-refractivity contribution in [3.63, 3.8) is 0 Å². The molecule has 0 unspecified atom stereocenters. The lowest BCUT2D eigenvalue weighted by atomic mass is 10.2. The van der Waals surface area contributed by atoms with Crippen molar-refractivity contribution in [1.82, 2.24) is 10.2 Å². The van der Waals surface area contributed by atoms with E-state index < -0.39 is 0 Å². The Kier molecular flexibility index (Phi) is 5.24. The number of anilines is 1. The minimum absolute atomic E-state index is 0.0555. The lowest BCUT2D eigenvalue weighted by Crippen LogP contribution is -2.37. The van der Waals surface area contributed by atoms with E-state index in [4.69, 9.17) is 5.73 Å². The van der Waals surface area contributed by atoms with Crippen LogP contribution in [-0.2, 0) is 6.54 Å². The van der Waals surface area contributed by atoms with Crippen LogP contribution in [0.15, 0.2) is 24.3 Å². The monoisotopic (exact) mass is 276 g/mol. The molecule has 5 nitrogen and oxygen atoms in total. The van der Waals surface area contributed by atoms with Crippen molar-refractivity contribution in [2.75, 3.05) is 37.6 Å². The van der Waals surface area contributed by atoms with Gasteiger partial charge in [-0.05, 0) is 24.1 Å². The minimum atomic E-state index is 0.0555. The van der Waals surface area contributed by atoms with E-state index in [2.05, 4.69) is 41.4 Å². The molecule has 2 rings (SSSR count). The molecule has 0 saturated carbocycles. The highest BCUT2D eigenvalue weighted by atomic mass is 16.2. The van der Waals surface area contributed by atoms with Gasteiger partial charge in [-0.25, -0.2) is 4.79 Å². The fourth-order valence-electron chi connectivity index (χ4n) is 2.45. The molecule has 20 heavy (non-hydrogen) atoms. The highest BCUT2D eigenvalue weighted by Gasteiger charge is 2.19. The van der Waals surface area contributed by atoms with Crippen molar-refractivity contribution < 1.29 is 4.79 Å². The molecule has 1 aliphatic rings. The van der Waals surface area contributed by atoms with Gasteiger partial charge in [-0.1, -0.05) is 19.1 Å². The topological polar surface area (TPSA) is 61.6 Å². The summed E-state index contributed by atoms with van der Waals surface area (Å²) in [6.45, 7) is 6.94. The van der Waals surface area contributed by atoms with Gasteiger partial charge in [0.05, 0.1) is 0 Å². The lowest BCUT2D eigenvalue weighted by Gasteiger charge is -2.27. The summed E-state index contributed by atoms with van der Waals surface area (Å²) in [7, 11) is 0. The summed E-state index contributed by atoms with van der Waals surface area (Å²) in [6.07, 6.45) is 1.09. The Morgan fingerprint density at radius 3 is 2.60 bits per heavy atom. The van der Waals surface area contributed by atoms with E-state index in [0.29, 0.717) is 6.54 Å². The largest absolute Gasteiger partial charge is 0.370 e. The minimum Gasteiger partial charge on any atom is -0.370 e. The Morgan fingerprint density at radius 1 is 1.30 bits per heavy atom. The van der Waals surface area contributed by atoms with Crippen LogP contribution in [0.5, 0.6) is 0 Å². The fraction of sp³-hybridized carbons (Fsp3) is 0.533. The molecule has 1 aromatic carbocycles. The highest BCUT2D eigenvalue weighted by Crippen LogP contribution is 2.16. The Morgan fingerprint density at radius 2 is 2.05 bits per heavy atom. The number of hydrogen-bond acceptors (Lipinski definition) is 3. The van der Waals surface area contributed by atoms with Gasteiger partial charge in [-0.3, -0.25) is 0 Å². The molecule has 0 radical (unpaired) electrons. The molecule has 0 aromatic heterocycles. The zero-order chi connectivity index (χ0) is 14.4. The Hall–Kier alpha value is -1.75. The van der Waals surface area contributed by atoms with Gasteiger partial charge in [0.25, 0.3) is 0 Å². The summed E-state index contributed by atoms with van der Waals surface area (Å²) in [5.41, 5.74) is 7.97. The molecule has 0 spiro atoms. The van der Waals surface area contributed by atoms with Gasteiger partial charge >= 0.3 is 6.03 Å². The number of carbonyl (C=O) groups excluding carboxylic acids is 1. The number of nitrogens with two attached hydrogens (primary N) is 1. The zero-order valence-electron chi connectivity index (χ0n) is 12.1. The third-order valence-corrected chi connectivity index (χ3v) is 3.62. The average molecular weight is 276 g/mol. The van der Waals surface area contributed by atoms with Gasteiger partial charge in [-0.2, -0.15) is 0 Å². The second-order valence-corrected chi connectivity index (χ2v) is 5.08. The van der Waals surface area contributed by atoms with Crippen LogP contribution in [0.25, 0.3) is 0 Å². The van der Waals surface area contributed by atoms with E-state index in [-0.39, 0.29) is 6.03 Å². The summed E-state index contributed by atoms with van der Waals surface area (Å²) >= 11 is 0. The summed E-state index contributed by atoms with van der Waals surface area (Å²) in [4.78, 5) is 15.7. The summed E-state index contributed by atoms with van der Waals surface area (Å²) < 4.78 is 0. The van der Waals surface area contributed by atoms with Gasteiger partial charge in [-0.15, -0.1) is 0 Å². The van der Waals surface area contributed by atoms with Crippen LogP contribution in [0.1, 0.15) is 18.9 Å². The molecule has 0 bridgehead atoms. The molecule has 0 aliphatic carbocycles. The normalized spacial score (nSPS) is 14.5. The number of amides is 2. The number of rotatable bonds is 7. The number of carbonyl (C=O) groups is 1. The summed E-state index contributed by atoms with van der Waals surface area (Å²) in [5, 5.41) is 2.83. The van der Waals surface area contributed by atoms with E-state index in [1.807, 2.05) is 4.90 Å². The van der Waals surface area contributed by atoms with Crippen LogP contribution in [0.2, 0.25) is 0 Å². The van der Waals surface area contributed by atoms with Crippen molar-refractivity contribution in [3.05, 3.63) is 29.8 Å². The summed E-state index contributed by atoms with van der Waals surface area (Å²) in [5.74, 6) is 0. The molecule has 2 amide bonds. The molecule has 5 heteroatoms. The van der Waals surface area contributed by atoms with Gasteiger partial charge in [0, 0.05) is 45.0 Å². The van der Waals surface area contributed by atoms with Crippen LogP contribution in [0.3, 0.4) is 0 Å².